The number of allylic oxidation sites excluding steroid dienone is 2. The third-order valence-corrected chi connectivity index (χ3v) is 1.73. The van der Waals surface area contributed by atoms with Crippen LogP contribution in [0.5, 0.6) is 0 Å². The van der Waals surface area contributed by atoms with Gasteiger partial charge in [0.2, 0.25) is 0 Å². The molecule has 0 atom stereocenters. The lowest BCUT2D eigenvalue weighted by molar-refractivity contribution is -0.119. The third kappa shape index (κ3) is 1.42. The second-order valence-corrected chi connectivity index (χ2v) is 2.49. The van der Waals surface area contributed by atoms with E-state index in [1.54, 1.807) is 13.0 Å². The number of carbonyl (C=O) groups is 2. The van der Waals surface area contributed by atoms with Crippen LogP contribution in [-0.2, 0) is 9.59 Å². The predicted molar refractivity (Wildman–Crippen MR) is 40.7 cm³/mol. The van der Waals surface area contributed by atoms with Crippen LogP contribution in [-0.4, -0.2) is 17.3 Å². The summed E-state index contributed by atoms with van der Waals surface area (Å²) in [5.74, 6) is -0.310. The second kappa shape index (κ2) is 2.78. The normalized spacial score (nSPS) is 23.0. The molecule has 0 bridgehead atoms. The fraction of sp³-hybridized carbons (Fsp3) is 0.375. The molecule has 0 spiro atoms. The van der Waals surface area contributed by atoms with Crippen molar-refractivity contribution in [3.63, 3.8) is 0 Å². The molecule has 0 saturated heterocycles. The maximum absolute atomic E-state index is 11.0. The molecule has 11 heavy (non-hydrogen) atoms. The van der Waals surface area contributed by atoms with Gasteiger partial charge in [-0.15, -0.1) is 0 Å². The summed E-state index contributed by atoms with van der Waals surface area (Å²) in [5, 5.41) is 7.09. The van der Waals surface area contributed by atoms with Crippen molar-refractivity contribution in [3.8, 4) is 0 Å². The monoisotopic (exact) mass is 151 g/mol. The van der Waals surface area contributed by atoms with Gasteiger partial charge in [0.15, 0.2) is 11.6 Å². The summed E-state index contributed by atoms with van der Waals surface area (Å²) in [5.41, 5.74) is 0.492. The van der Waals surface area contributed by atoms with E-state index >= 15 is 0 Å². The molecule has 0 radical (unpaired) electrons. The molecule has 1 saturated carbocycles. The zero-order chi connectivity index (χ0) is 8.43. The van der Waals surface area contributed by atoms with Crippen LogP contribution < -0.4 is 0 Å². The Bertz CT molecular complexity index is 263. The first kappa shape index (κ1) is 7.85. The van der Waals surface area contributed by atoms with E-state index in [4.69, 9.17) is 5.41 Å². The summed E-state index contributed by atoms with van der Waals surface area (Å²) < 4.78 is 0. The van der Waals surface area contributed by atoms with Crippen LogP contribution in [0.2, 0.25) is 0 Å². The number of rotatable bonds is 0. The average molecular weight is 151 g/mol. The van der Waals surface area contributed by atoms with Crippen molar-refractivity contribution in [3.05, 3.63) is 11.6 Å². The number of Topliss-reactive ketones (excluding diaryl/α,β-unsaturated/α-hetero) is 2. The zero-order valence-electron chi connectivity index (χ0n) is 6.31. The number of carbonyl (C=O) groups excluding carboxylic acids is 2. The molecule has 0 unspecified atom stereocenters. The van der Waals surface area contributed by atoms with Gasteiger partial charge < -0.3 is 5.41 Å². The Balaban J connectivity index is 2.87. The molecule has 0 aromatic heterocycles. The van der Waals surface area contributed by atoms with Crippen LogP contribution in [0.15, 0.2) is 11.6 Å². The largest absolute Gasteiger partial charge is 0.301 e. The Morgan fingerprint density at radius 1 is 1.27 bits per heavy atom. The van der Waals surface area contributed by atoms with Gasteiger partial charge in [-0.25, -0.2) is 0 Å². The molecule has 0 aromatic rings. The molecule has 3 heteroatoms. The molecule has 1 rings (SSSR count). The van der Waals surface area contributed by atoms with Crippen molar-refractivity contribution in [1.82, 2.24) is 0 Å². The average Bonchev–Trinajstić information content (AvgIpc) is 1.97. The number of nitrogens with one attached hydrogen (secondary N) is 1. The lowest BCUT2D eigenvalue weighted by atomic mass is 9.91. The van der Waals surface area contributed by atoms with E-state index in [1.165, 1.54) is 0 Å². The van der Waals surface area contributed by atoms with Crippen LogP contribution in [0.4, 0.5) is 0 Å². The van der Waals surface area contributed by atoms with Crippen molar-refractivity contribution < 1.29 is 9.59 Å². The predicted octanol–water partition coefficient (Wildman–Crippen LogP) is 0.884. The van der Waals surface area contributed by atoms with Gasteiger partial charge in [-0.05, 0) is 12.5 Å². The van der Waals surface area contributed by atoms with Gasteiger partial charge in [-0.1, -0.05) is 6.08 Å². The summed E-state index contributed by atoms with van der Waals surface area (Å²) in [7, 11) is 0. The standard InChI is InChI=1S/C8H9NO2/c1-2-5-3-8(11)6(9)4-7(5)10/h2,9H,3-4H2,1H3. The Labute approximate surface area is 64.6 Å². The molecule has 58 valence electrons. The van der Waals surface area contributed by atoms with Crippen molar-refractivity contribution in [2.24, 2.45) is 0 Å². The molecular formula is C8H9NO2. The fourth-order valence-electron chi connectivity index (χ4n) is 1.01. The van der Waals surface area contributed by atoms with Crippen LogP contribution in [0, 0.1) is 5.41 Å². The summed E-state index contributed by atoms with van der Waals surface area (Å²) in [4.78, 5) is 21.9. The molecule has 1 aliphatic rings. The second-order valence-electron chi connectivity index (χ2n) is 2.49. The first-order valence-electron chi connectivity index (χ1n) is 3.44. The quantitative estimate of drug-likeness (QED) is 0.522. The summed E-state index contributed by atoms with van der Waals surface area (Å²) >= 11 is 0. The van der Waals surface area contributed by atoms with E-state index in [1.807, 2.05) is 0 Å². The van der Waals surface area contributed by atoms with Crippen LogP contribution >= 0.6 is 0 Å². The van der Waals surface area contributed by atoms with E-state index in [0.717, 1.165) is 0 Å². The highest BCUT2D eigenvalue weighted by molar-refractivity contribution is 6.46. The molecule has 0 aromatic carbocycles. The number of ketones is 2. The van der Waals surface area contributed by atoms with Crippen molar-refractivity contribution >= 4 is 17.3 Å². The van der Waals surface area contributed by atoms with Crippen LogP contribution in [0.25, 0.3) is 0 Å². The Morgan fingerprint density at radius 3 is 2.45 bits per heavy atom. The van der Waals surface area contributed by atoms with Gasteiger partial charge in [-0.3, -0.25) is 9.59 Å². The van der Waals surface area contributed by atoms with Crippen LogP contribution in [0.3, 0.4) is 0 Å². The van der Waals surface area contributed by atoms with Gasteiger partial charge in [0, 0.05) is 6.42 Å². The Morgan fingerprint density at radius 2 is 1.91 bits per heavy atom. The van der Waals surface area contributed by atoms with Gasteiger partial charge >= 0.3 is 0 Å². The highest BCUT2D eigenvalue weighted by Gasteiger charge is 2.24. The zero-order valence-corrected chi connectivity index (χ0v) is 6.31. The smallest absolute Gasteiger partial charge is 0.181 e. The van der Waals surface area contributed by atoms with E-state index < -0.39 is 0 Å². The maximum Gasteiger partial charge on any atom is 0.181 e. The molecule has 1 N–H and O–H groups in total. The van der Waals surface area contributed by atoms with E-state index in [0.29, 0.717) is 5.57 Å². The highest BCUT2D eigenvalue weighted by Crippen LogP contribution is 2.14. The molecular weight excluding hydrogens is 142 g/mol. The molecule has 3 nitrogen and oxygen atoms in total. The Kier molecular flexibility index (Phi) is 1.98. The lowest BCUT2D eigenvalue weighted by Gasteiger charge is -2.11. The molecule has 1 aliphatic carbocycles. The first-order valence-corrected chi connectivity index (χ1v) is 3.44. The van der Waals surface area contributed by atoms with Crippen molar-refractivity contribution in [2.45, 2.75) is 19.8 Å². The van der Waals surface area contributed by atoms with E-state index in [2.05, 4.69) is 0 Å². The SMILES string of the molecule is CC=C1CC(=O)C(=N)CC1=O. The molecule has 0 aliphatic heterocycles. The minimum absolute atomic E-state index is 0.0154. The third-order valence-electron chi connectivity index (χ3n) is 1.73. The molecule has 0 heterocycles. The topological polar surface area (TPSA) is 58.0 Å². The lowest BCUT2D eigenvalue weighted by Crippen LogP contribution is -2.26. The molecule has 0 amide bonds. The number of hydrogen-bond donors (Lipinski definition) is 1. The van der Waals surface area contributed by atoms with Gasteiger partial charge in [0.05, 0.1) is 12.1 Å². The van der Waals surface area contributed by atoms with Gasteiger partial charge in [-0.2, -0.15) is 0 Å². The minimum atomic E-state index is -0.224. The van der Waals surface area contributed by atoms with E-state index in [9.17, 15) is 9.59 Å². The minimum Gasteiger partial charge on any atom is -0.301 e. The summed E-state index contributed by atoms with van der Waals surface area (Å²) in [6.45, 7) is 1.73. The van der Waals surface area contributed by atoms with Crippen molar-refractivity contribution in [2.75, 3.05) is 0 Å². The summed E-state index contributed by atoms with van der Waals surface area (Å²) in [6.07, 6.45) is 1.75. The Hall–Kier alpha value is -1.25. The van der Waals surface area contributed by atoms with Crippen LogP contribution in [0.1, 0.15) is 19.8 Å². The van der Waals surface area contributed by atoms with Crippen molar-refractivity contribution in [1.29, 1.82) is 5.41 Å². The molecule has 1 fully saturated rings. The number of hydrogen-bond acceptors (Lipinski definition) is 3. The first-order chi connectivity index (χ1) is 5.15. The van der Waals surface area contributed by atoms with E-state index in [-0.39, 0.29) is 30.1 Å². The summed E-state index contributed by atoms with van der Waals surface area (Å²) in [6, 6.07) is 0. The maximum atomic E-state index is 11.0. The highest BCUT2D eigenvalue weighted by atomic mass is 16.1. The fourth-order valence-corrected chi connectivity index (χ4v) is 1.01. The van der Waals surface area contributed by atoms with Gasteiger partial charge in [0.1, 0.15) is 0 Å². The van der Waals surface area contributed by atoms with Gasteiger partial charge in [0.25, 0.3) is 0 Å².